The Morgan fingerprint density at radius 1 is 1.09 bits per heavy atom. The number of nitrogens with zero attached hydrogens (tertiary/aromatic N) is 1. The maximum atomic E-state index is 12.8. The number of hydrogen-bond donors (Lipinski definition) is 3. The highest BCUT2D eigenvalue weighted by Gasteiger charge is 2.28. The van der Waals surface area contributed by atoms with E-state index in [0.717, 1.165) is 31.7 Å². The van der Waals surface area contributed by atoms with Crippen molar-refractivity contribution in [1.82, 2.24) is 10.0 Å². The summed E-state index contributed by atoms with van der Waals surface area (Å²) in [7, 11) is -2.44. The molecule has 1 aliphatic rings. The Balaban J connectivity index is 1.88. The zero-order chi connectivity index (χ0) is 23.3. The zero-order valence-electron chi connectivity index (χ0n) is 18.1. The van der Waals surface area contributed by atoms with Gasteiger partial charge < -0.3 is 10.6 Å². The van der Waals surface area contributed by atoms with Crippen molar-refractivity contribution in [2.24, 2.45) is 5.92 Å². The highest BCUT2D eigenvalue weighted by Crippen LogP contribution is 2.32. The molecule has 0 heterocycles. The van der Waals surface area contributed by atoms with Crippen molar-refractivity contribution in [2.45, 2.75) is 49.6 Å². The topological polar surface area (TPSA) is 130 Å². The van der Waals surface area contributed by atoms with Gasteiger partial charge in [-0.2, -0.15) is 0 Å². The van der Waals surface area contributed by atoms with Gasteiger partial charge in [0, 0.05) is 19.2 Å². The third-order valence-corrected chi connectivity index (χ3v) is 7.27. The van der Waals surface area contributed by atoms with E-state index in [4.69, 9.17) is 0 Å². The Bertz CT molecular complexity index is 1070. The van der Waals surface area contributed by atoms with Crippen LogP contribution in [-0.4, -0.2) is 32.3 Å². The van der Waals surface area contributed by atoms with Gasteiger partial charge in [-0.05, 0) is 49.3 Å². The molecule has 0 aromatic heterocycles. The molecule has 1 saturated carbocycles. The predicted molar refractivity (Wildman–Crippen MR) is 122 cm³/mol. The maximum Gasteiger partial charge on any atom is 0.293 e. The van der Waals surface area contributed by atoms with Gasteiger partial charge in [0.2, 0.25) is 15.9 Å². The molecule has 1 amide bonds. The lowest BCUT2D eigenvalue weighted by Crippen LogP contribution is -2.37. The number of likely N-dealkylation sites (N-methyl/N-ethyl adjacent to an activating group) is 1. The van der Waals surface area contributed by atoms with Crippen LogP contribution in [0.2, 0.25) is 0 Å². The molecule has 0 spiro atoms. The highest BCUT2D eigenvalue weighted by atomic mass is 32.2. The fraction of sp³-hybridized carbons (Fsp3) is 0.409. The number of carbonyl (C=O) groups is 1. The minimum absolute atomic E-state index is 0.0536. The van der Waals surface area contributed by atoms with Gasteiger partial charge in [0.05, 0.1) is 9.82 Å². The average Bonchev–Trinajstić information content (AvgIpc) is 2.78. The van der Waals surface area contributed by atoms with Crippen molar-refractivity contribution >= 4 is 27.3 Å². The third-order valence-electron chi connectivity index (χ3n) is 5.76. The van der Waals surface area contributed by atoms with E-state index in [1.807, 2.05) is 0 Å². The molecular formula is C22H28N4O5S. The second kappa shape index (κ2) is 10.1. The van der Waals surface area contributed by atoms with E-state index in [2.05, 4.69) is 22.3 Å². The summed E-state index contributed by atoms with van der Waals surface area (Å²) in [5.41, 5.74) is 0.249. The number of hydrogen-bond acceptors (Lipinski definition) is 6. The fourth-order valence-electron chi connectivity index (χ4n) is 3.86. The molecule has 0 saturated heterocycles. The number of rotatable bonds is 8. The molecule has 1 atom stereocenters. The maximum absolute atomic E-state index is 12.8. The predicted octanol–water partition coefficient (Wildman–Crippen LogP) is 3.35. The first kappa shape index (κ1) is 23.7. The lowest BCUT2D eigenvalue weighted by Gasteiger charge is -2.26. The second-order valence-corrected chi connectivity index (χ2v) is 9.83. The van der Waals surface area contributed by atoms with Gasteiger partial charge in [-0.1, -0.05) is 37.3 Å². The van der Waals surface area contributed by atoms with Crippen LogP contribution in [0.15, 0.2) is 53.4 Å². The molecule has 10 heteroatoms. The Hall–Kier alpha value is -2.98. The molecule has 32 heavy (non-hydrogen) atoms. The quantitative estimate of drug-likeness (QED) is 0.409. The molecule has 172 valence electrons. The summed E-state index contributed by atoms with van der Waals surface area (Å²) >= 11 is 0. The van der Waals surface area contributed by atoms with E-state index in [-0.39, 0.29) is 22.5 Å². The second-order valence-electron chi connectivity index (χ2n) is 8.12. The Kier molecular flexibility index (Phi) is 7.47. The molecule has 3 N–H and O–H groups in total. The first-order valence-corrected chi connectivity index (χ1v) is 12.0. The number of amides is 1. The van der Waals surface area contributed by atoms with Crippen LogP contribution in [0.25, 0.3) is 0 Å². The Morgan fingerprint density at radius 3 is 2.34 bits per heavy atom. The van der Waals surface area contributed by atoms with Crippen LogP contribution in [0, 0.1) is 16.0 Å². The molecule has 2 aromatic carbocycles. The van der Waals surface area contributed by atoms with Gasteiger partial charge in [-0.15, -0.1) is 0 Å². The molecule has 2 aromatic rings. The van der Waals surface area contributed by atoms with Crippen molar-refractivity contribution in [2.75, 3.05) is 12.4 Å². The number of nitrogens with one attached hydrogen (secondary N) is 3. The van der Waals surface area contributed by atoms with Gasteiger partial charge in [0.25, 0.3) is 5.69 Å². The standard InChI is InChI=1S/C22H28N4O5S/c1-15-8-10-17(11-9-15)25-32(30,31)18-12-13-19(20(14-18)26(28)29)24-21(22(27)23-2)16-6-4-3-5-7-16/h3-7,12-15,17,21,24-25H,8-11H2,1-2H3,(H,23,27)/t15?,17?,21-/m0/s1. The van der Waals surface area contributed by atoms with Crippen molar-refractivity contribution in [3.05, 3.63) is 64.2 Å². The highest BCUT2D eigenvalue weighted by molar-refractivity contribution is 7.89. The number of nitro groups is 1. The van der Waals surface area contributed by atoms with E-state index in [0.29, 0.717) is 11.5 Å². The summed E-state index contributed by atoms with van der Waals surface area (Å²) in [6.07, 6.45) is 3.37. The molecule has 0 bridgehead atoms. The Morgan fingerprint density at radius 2 is 1.75 bits per heavy atom. The molecule has 0 aliphatic heterocycles. The largest absolute Gasteiger partial charge is 0.364 e. The number of benzene rings is 2. The number of anilines is 1. The van der Waals surface area contributed by atoms with Crippen molar-refractivity contribution in [1.29, 1.82) is 0 Å². The van der Waals surface area contributed by atoms with E-state index >= 15 is 0 Å². The minimum atomic E-state index is -3.91. The van der Waals surface area contributed by atoms with Crippen molar-refractivity contribution in [3.8, 4) is 0 Å². The summed E-state index contributed by atoms with van der Waals surface area (Å²) in [6.45, 7) is 2.14. The SMILES string of the molecule is CNC(=O)[C@@H](Nc1ccc(S(=O)(=O)NC2CCC(C)CC2)cc1[N+](=O)[O-])c1ccccc1. The summed E-state index contributed by atoms with van der Waals surface area (Å²) in [4.78, 5) is 23.3. The van der Waals surface area contributed by atoms with E-state index in [1.54, 1.807) is 30.3 Å². The third kappa shape index (κ3) is 5.63. The van der Waals surface area contributed by atoms with Crippen molar-refractivity contribution < 1.29 is 18.1 Å². The molecule has 0 unspecified atom stereocenters. The van der Waals surface area contributed by atoms with Crippen LogP contribution in [0.5, 0.6) is 0 Å². The normalized spacial score (nSPS) is 19.7. The first-order chi connectivity index (χ1) is 15.2. The molecule has 3 rings (SSSR count). The number of sulfonamides is 1. The zero-order valence-corrected chi connectivity index (χ0v) is 18.9. The van der Waals surface area contributed by atoms with Crippen LogP contribution in [-0.2, 0) is 14.8 Å². The summed E-state index contributed by atoms with van der Waals surface area (Å²) in [5, 5.41) is 17.2. The lowest BCUT2D eigenvalue weighted by atomic mass is 9.88. The van der Waals surface area contributed by atoms with Crippen molar-refractivity contribution in [3.63, 3.8) is 0 Å². The van der Waals surface area contributed by atoms with Gasteiger partial charge in [0.1, 0.15) is 11.7 Å². The van der Waals surface area contributed by atoms with Gasteiger partial charge in [-0.3, -0.25) is 14.9 Å². The van der Waals surface area contributed by atoms with Crippen LogP contribution in [0.3, 0.4) is 0 Å². The summed E-state index contributed by atoms with van der Waals surface area (Å²) < 4.78 is 28.4. The van der Waals surface area contributed by atoms with E-state index < -0.39 is 26.7 Å². The summed E-state index contributed by atoms with van der Waals surface area (Å²) in [6, 6.07) is 11.4. The molecular weight excluding hydrogens is 432 g/mol. The number of carbonyl (C=O) groups excluding carboxylic acids is 1. The average molecular weight is 461 g/mol. The molecule has 0 radical (unpaired) electrons. The lowest BCUT2D eigenvalue weighted by molar-refractivity contribution is -0.384. The fourth-order valence-corrected chi connectivity index (χ4v) is 5.19. The minimum Gasteiger partial charge on any atom is -0.364 e. The van der Waals surface area contributed by atoms with Crippen LogP contribution >= 0.6 is 0 Å². The van der Waals surface area contributed by atoms with Gasteiger partial charge in [0.15, 0.2) is 0 Å². The first-order valence-electron chi connectivity index (χ1n) is 10.5. The monoisotopic (exact) mass is 460 g/mol. The molecule has 1 fully saturated rings. The van der Waals surface area contributed by atoms with E-state index in [9.17, 15) is 23.3 Å². The molecule has 9 nitrogen and oxygen atoms in total. The van der Waals surface area contributed by atoms with Crippen LogP contribution < -0.4 is 15.4 Å². The van der Waals surface area contributed by atoms with E-state index in [1.165, 1.54) is 19.2 Å². The smallest absolute Gasteiger partial charge is 0.293 e. The van der Waals surface area contributed by atoms with Gasteiger partial charge >= 0.3 is 0 Å². The van der Waals surface area contributed by atoms with Crippen LogP contribution in [0.4, 0.5) is 11.4 Å². The molecule has 1 aliphatic carbocycles. The number of nitro benzene ring substituents is 1. The summed E-state index contributed by atoms with van der Waals surface area (Å²) in [5.74, 6) is 0.190. The van der Waals surface area contributed by atoms with Crippen LogP contribution in [0.1, 0.15) is 44.2 Å². The van der Waals surface area contributed by atoms with Gasteiger partial charge in [-0.25, -0.2) is 13.1 Å². The Labute approximate surface area is 187 Å².